The zero-order valence-electron chi connectivity index (χ0n) is 9.36. The molecule has 0 heterocycles. The summed E-state index contributed by atoms with van der Waals surface area (Å²) >= 11 is 2.69. The van der Waals surface area contributed by atoms with Crippen LogP contribution in [0.25, 0.3) is 0 Å². The lowest BCUT2D eigenvalue weighted by atomic mass is 10.5. The number of methoxy groups -OCH3 is 2. The van der Waals surface area contributed by atoms with Gasteiger partial charge in [0.05, 0.1) is 13.2 Å². The van der Waals surface area contributed by atoms with Gasteiger partial charge in [0.15, 0.2) is 0 Å². The van der Waals surface area contributed by atoms with Crippen molar-refractivity contribution >= 4 is 23.5 Å². The van der Waals surface area contributed by atoms with Gasteiger partial charge < -0.3 is 9.47 Å². The Hall–Kier alpha value is -0.660. The second-order valence-corrected chi connectivity index (χ2v) is 4.77. The van der Waals surface area contributed by atoms with E-state index in [4.69, 9.17) is 20.0 Å². The van der Waals surface area contributed by atoms with Crippen molar-refractivity contribution in [1.29, 1.82) is 10.5 Å². The Balaban J connectivity index is 4.30. The van der Waals surface area contributed by atoms with E-state index in [1.807, 2.05) is 12.1 Å². The minimum atomic E-state index is 0.459. The standard InChI is InChI=1S/C10H14N2O2S2/c1-13-3-5-15-9(7-11)10(8-12)16-6-4-14-2/h3-6H2,1-2H3. The van der Waals surface area contributed by atoms with Gasteiger partial charge in [-0.1, -0.05) is 0 Å². The molecule has 0 unspecified atom stereocenters. The second-order valence-electron chi connectivity index (χ2n) is 2.56. The van der Waals surface area contributed by atoms with Crippen molar-refractivity contribution in [3.63, 3.8) is 0 Å². The number of nitriles is 2. The molecule has 0 fully saturated rings. The van der Waals surface area contributed by atoms with Crippen molar-refractivity contribution in [2.24, 2.45) is 0 Å². The number of hydrogen-bond acceptors (Lipinski definition) is 6. The van der Waals surface area contributed by atoms with Gasteiger partial charge in [-0.3, -0.25) is 0 Å². The number of thioether (sulfide) groups is 2. The molecule has 0 radical (unpaired) electrons. The summed E-state index contributed by atoms with van der Waals surface area (Å²) in [5.41, 5.74) is 0. The van der Waals surface area contributed by atoms with E-state index in [9.17, 15) is 0 Å². The smallest absolute Gasteiger partial charge is 0.109 e. The van der Waals surface area contributed by atoms with E-state index in [0.717, 1.165) is 0 Å². The first-order chi connectivity index (χ1) is 7.79. The lowest BCUT2D eigenvalue weighted by molar-refractivity contribution is 0.218. The Kier molecular flexibility index (Phi) is 10.4. The van der Waals surface area contributed by atoms with Crippen LogP contribution in [0.4, 0.5) is 0 Å². The second kappa shape index (κ2) is 10.8. The van der Waals surface area contributed by atoms with Crippen molar-refractivity contribution in [3.05, 3.63) is 9.81 Å². The normalized spacial score (nSPS) is 11.5. The van der Waals surface area contributed by atoms with Gasteiger partial charge in [0.1, 0.15) is 21.9 Å². The van der Waals surface area contributed by atoms with Crippen LogP contribution in [0.3, 0.4) is 0 Å². The molecule has 16 heavy (non-hydrogen) atoms. The molecule has 0 atom stereocenters. The number of nitrogens with zero attached hydrogens (tertiary/aromatic N) is 2. The van der Waals surface area contributed by atoms with Gasteiger partial charge in [-0.15, -0.1) is 23.5 Å². The molecule has 0 aliphatic heterocycles. The Morgan fingerprint density at radius 1 is 0.938 bits per heavy atom. The molecule has 0 aliphatic rings. The average molecular weight is 258 g/mol. The minimum absolute atomic E-state index is 0.459. The molecule has 0 bridgehead atoms. The number of ether oxygens (including phenoxy) is 2. The zero-order valence-corrected chi connectivity index (χ0v) is 11.0. The molecule has 0 aromatic rings. The number of rotatable bonds is 8. The highest BCUT2D eigenvalue weighted by molar-refractivity contribution is 8.07. The van der Waals surface area contributed by atoms with Crippen LogP contribution in [-0.2, 0) is 9.47 Å². The van der Waals surface area contributed by atoms with Crippen LogP contribution >= 0.6 is 23.5 Å². The molecule has 0 N–H and O–H groups in total. The summed E-state index contributed by atoms with van der Waals surface area (Å²) in [4.78, 5) is 0.918. The van der Waals surface area contributed by atoms with E-state index < -0.39 is 0 Å². The Bertz CT molecular complexity index is 275. The molecule has 6 heteroatoms. The maximum absolute atomic E-state index is 8.92. The third-order valence-corrected chi connectivity index (χ3v) is 3.52. The van der Waals surface area contributed by atoms with Crippen molar-refractivity contribution < 1.29 is 9.47 Å². The summed E-state index contributed by atoms with van der Waals surface area (Å²) in [5.74, 6) is 1.35. The van der Waals surface area contributed by atoms with Crippen molar-refractivity contribution in [1.82, 2.24) is 0 Å². The maximum Gasteiger partial charge on any atom is 0.109 e. The lowest BCUT2D eigenvalue weighted by Crippen LogP contribution is -1.95. The number of hydrogen-bond donors (Lipinski definition) is 0. The molecule has 0 saturated heterocycles. The summed E-state index contributed by atoms with van der Waals surface area (Å²) in [5, 5.41) is 17.8. The summed E-state index contributed by atoms with van der Waals surface area (Å²) in [6, 6.07) is 4.08. The van der Waals surface area contributed by atoms with Gasteiger partial charge in [-0.2, -0.15) is 10.5 Å². The van der Waals surface area contributed by atoms with Gasteiger partial charge in [0, 0.05) is 25.7 Å². The van der Waals surface area contributed by atoms with Crippen LogP contribution in [0.5, 0.6) is 0 Å². The van der Waals surface area contributed by atoms with Crippen LogP contribution in [0, 0.1) is 22.7 Å². The van der Waals surface area contributed by atoms with Crippen LogP contribution in [0.2, 0.25) is 0 Å². The fraction of sp³-hybridized carbons (Fsp3) is 0.600. The highest BCUT2D eigenvalue weighted by atomic mass is 32.2. The minimum Gasteiger partial charge on any atom is -0.384 e. The summed E-state index contributed by atoms with van der Waals surface area (Å²) in [6.07, 6.45) is 0. The van der Waals surface area contributed by atoms with Gasteiger partial charge in [0.25, 0.3) is 0 Å². The van der Waals surface area contributed by atoms with Crippen LogP contribution in [0.15, 0.2) is 9.81 Å². The van der Waals surface area contributed by atoms with E-state index in [-0.39, 0.29) is 0 Å². The maximum atomic E-state index is 8.92. The van der Waals surface area contributed by atoms with E-state index in [1.165, 1.54) is 23.5 Å². The molecule has 0 rings (SSSR count). The Labute approximate surface area is 105 Å². The summed E-state index contributed by atoms with van der Waals surface area (Å²) in [6.45, 7) is 1.13. The predicted molar refractivity (Wildman–Crippen MR) is 66.9 cm³/mol. The first kappa shape index (κ1) is 15.3. The fourth-order valence-electron chi connectivity index (χ4n) is 0.751. The third kappa shape index (κ3) is 6.76. The number of allylic oxidation sites excluding steroid dienone is 2. The molecule has 0 saturated carbocycles. The van der Waals surface area contributed by atoms with Gasteiger partial charge >= 0.3 is 0 Å². The molecule has 4 nitrogen and oxygen atoms in total. The third-order valence-electron chi connectivity index (χ3n) is 1.48. The highest BCUT2D eigenvalue weighted by Gasteiger charge is 2.07. The van der Waals surface area contributed by atoms with Crippen molar-refractivity contribution in [2.45, 2.75) is 0 Å². The monoisotopic (exact) mass is 258 g/mol. The molecular weight excluding hydrogens is 244 g/mol. The van der Waals surface area contributed by atoms with E-state index >= 15 is 0 Å². The largest absolute Gasteiger partial charge is 0.384 e. The molecule has 0 aromatic heterocycles. The predicted octanol–water partition coefficient (Wildman–Crippen LogP) is 2.00. The first-order valence-corrected chi connectivity index (χ1v) is 6.55. The molecule has 0 aromatic carbocycles. The average Bonchev–Trinajstić information content (AvgIpc) is 2.31. The molecule has 0 amide bonds. The van der Waals surface area contributed by atoms with E-state index in [0.29, 0.717) is 34.5 Å². The quantitative estimate of drug-likeness (QED) is 0.490. The molecule has 0 spiro atoms. The molecule has 0 aliphatic carbocycles. The summed E-state index contributed by atoms with van der Waals surface area (Å²) < 4.78 is 9.77. The van der Waals surface area contributed by atoms with Crippen LogP contribution < -0.4 is 0 Å². The highest BCUT2D eigenvalue weighted by Crippen LogP contribution is 2.26. The van der Waals surface area contributed by atoms with Gasteiger partial charge in [-0.25, -0.2) is 0 Å². The SMILES string of the molecule is COCCSC(C#N)=C(C#N)SCCOC. The van der Waals surface area contributed by atoms with Crippen molar-refractivity contribution in [2.75, 3.05) is 38.9 Å². The summed E-state index contributed by atoms with van der Waals surface area (Å²) in [7, 11) is 3.21. The topological polar surface area (TPSA) is 66.0 Å². The fourth-order valence-corrected chi connectivity index (χ4v) is 2.50. The Morgan fingerprint density at radius 3 is 1.56 bits per heavy atom. The first-order valence-electron chi connectivity index (χ1n) is 4.58. The Morgan fingerprint density at radius 2 is 1.31 bits per heavy atom. The van der Waals surface area contributed by atoms with E-state index in [1.54, 1.807) is 14.2 Å². The van der Waals surface area contributed by atoms with Crippen LogP contribution in [-0.4, -0.2) is 38.9 Å². The van der Waals surface area contributed by atoms with E-state index in [2.05, 4.69) is 0 Å². The molecular formula is C10H14N2O2S2. The van der Waals surface area contributed by atoms with Gasteiger partial charge in [0.2, 0.25) is 0 Å². The lowest BCUT2D eigenvalue weighted by Gasteiger charge is -2.02. The van der Waals surface area contributed by atoms with Crippen LogP contribution in [0.1, 0.15) is 0 Å². The zero-order chi connectivity index (χ0) is 12.2. The molecule has 88 valence electrons. The van der Waals surface area contributed by atoms with Crippen molar-refractivity contribution in [3.8, 4) is 12.1 Å². The van der Waals surface area contributed by atoms with Gasteiger partial charge in [-0.05, 0) is 0 Å².